The number of nitrogens with zero attached hydrogens (tertiary/aromatic N) is 5. The van der Waals surface area contributed by atoms with E-state index in [1.54, 1.807) is 6.21 Å². The summed E-state index contributed by atoms with van der Waals surface area (Å²) in [5.74, 6) is -0.275. The van der Waals surface area contributed by atoms with E-state index in [-0.39, 0.29) is 11.6 Å². The first kappa shape index (κ1) is 19.0. The van der Waals surface area contributed by atoms with Gasteiger partial charge in [-0.2, -0.15) is 5.10 Å². The summed E-state index contributed by atoms with van der Waals surface area (Å²) in [6.07, 6.45) is 2.75. The van der Waals surface area contributed by atoms with Crippen molar-refractivity contribution in [1.29, 1.82) is 0 Å². The van der Waals surface area contributed by atoms with E-state index in [9.17, 15) is 10.1 Å². The van der Waals surface area contributed by atoms with Crippen LogP contribution in [0.2, 0.25) is 0 Å². The van der Waals surface area contributed by atoms with E-state index >= 15 is 0 Å². The summed E-state index contributed by atoms with van der Waals surface area (Å²) in [6.45, 7) is 8.16. The lowest BCUT2D eigenvalue weighted by Gasteiger charge is -2.13. The molecule has 0 bridgehead atoms. The summed E-state index contributed by atoms with van der Waals surface area (Å²) in [4.78, 5) is 18.0. The summed E-state index contributed by atoms with van der Waals surface area (Å²) in [7, 11) is 0. The van der Waals surface area contributed by atoms with Crippen LogP contribution in [0.15, 0.2) is 35.7 Å². The molecule has 0 fully saturated rings. The second kappa shape index (κ2) is 7.47. The third-order valence-electron chi connectivity index (χ3n) is 4.47. The van der Waals surface area contributed by atoms with Crippen LogP contribution in [0.5, 0.6) is 0 Å². The van der Waals surface area contributed by atoms with Crippen molar-refractivity contribution in [3.63, 3.8) is 0 Å². The molecule has 2 heterocycles. The first-order valence-electron chi connectivity index (χ1n) is 8.60. The Labute approximate surface area is 162 Å². The molecule has 0 unspecified atom stereocenters. The smallest absolute Gasteiger partial charge is 0.354 e. The molecule has 0 amide bonds. The Morgan fingerprint density at radius 3 is 2.64 bits per heavy atom. The fourth-order valence-corrected chi connectivity index (χ4v) is 3.16. The van der Waals surface area contributed by atoms with Gasteiger partial charge in [-0.15, -0.1) is 0 Å². The minimum Gasteiger partial charge on any atom is -0.378 e. The monoisotopic (exact) mass is 379 g/mol. The van der Waals surface area contributed by atoms with Crippen LogP contribution in [-0.4, -0.2) is 25.7 Å². The van der Waals surface area contributed by atoms with Crippen LogP contribution >= 0.6 is 0 Å². The molecule has 0 saturated heterocycles. The Kier molecular flexibility index (Phi) is 5.08. The first-order valence-corrected chi connectivity index (χ1v) is 8.60. The van der Waals surface area contributed by atoms with Crippen LogP contribution in [0.25, 0.3) is 5.69 Å². The van der Waals surface area contributed by atoms with E-state index in [4.69, 9.17) is 5.73 Å². The SMILES string of the molecule is Cc1ccc(-n2c(C)cc(C=NNc3ncnc(N)c3[N+](=O)[O-])c2C)c(C)c1. The summed E-state index contributed by atoms with van der Waals surface area (Å²) in [5.41, 5.74) is 14.2. The van der Waals surface area contributed by atoms with Crippen molar-refractivity contribution in [3.05, 3.63) is 68.8 Å². The highest BCUT2D eigenvalue weighted by molar-refractivity contribution is 5.83. The Balaban J connectivity index is 1.91. The van der Waals surface area contributed by atoms with Crippen molar-refractivity contribution >= 4 is 23.5 Å². The van der Waals surface area contributed by atoms with Gasteiger partial charge >= 0.3 is 5.69 Å². The topological polar surface area (TPSA) is 124 Å². The minimum absolute atomic E-state index is 0.0584. The van der Waals surface area contributed by atoms with E-state index in [0.29, 0.717) is 0 Å². The molecule has 144 valence electrons. The average molecular weight is 379 g/mol. The number of hydrogen-bond acceptors (Lipinski definition) is 7. The van der Waals surface area contributed by atoms with Gasteiger partial charge in [0, 0.05) is 22.6 Å². The normalized spacial score (nSPS) is 11.1. The number of benzene rings is 1. The number of aromatic nitrogens is 3. The van der Waals surface area contributed by atoms with Crippen molar-refractivity contribution in [2.75, 3.05) is 11.2 Å². The molecule has 3 rings (SSSR count). The van der Waals surface area contributed by atoms with E-state index < -0.39 is 10.6 Å². The zero-order valence-corrected chi connectivity index (χ0v) is 16.1. The number of hydrogen-bond donors (Lipinski definition) is 2. The van der Waals surface area contributed by atoms with Gasteiger partial charge in [0.05, 0.1) is 11.1 Å². The van der Waals surface area contributed by atoms with Crippen LogP contribution < -0.4 is 11.2 Å². The molecule has 0 saturated carbocycles. The molecule has 3 aromatic rings. The minimum atomic E-state index is -0.640. The molecule has 28 heavy (non-hydrogen) atoms. The molecule has 9 nitrogen and oxygen atoms in total. The zero-order chi connectivity index (χ0) is 20.4. The maximum absolute atomic E-state index is 11.1. The number of aryl methyl sites for hydroxylation is 3. The molecular weight excluding hydrogens is 358 g/mol. The van der Waals surface area contributed by atoms with Gasteiger partial charge in [0.2, 0.25) is 11.6 Å². The standard InChI is InChI=1S/C19H21N7O2/c1-11-5-6-16(12(2)7-11)25-13(3)8-15(14(25)4)9-23-24-19-17(26(27)28)18(20)21-10-22-19/h5-10H,1-4H3,(H3,20,21,22,24). The van der Waals surface area contributed by atoms with Crippen molar-refractivity contribution in [2.24, 2.45) is 5.10 Å². The Bertz CT molecular complexity index is 1090. The first-order chi connectivity index (χ1) is 13.3. The van der Waals surface area contributed by atoms with E-state index in [0.717, 1.165) is 29.0 Å². The molecule has 0 aliphatic rings. The average Bonchev–Trinajstić information content (AvgIpc) is 2.89. The molecule has 3 N–H and O–H groups in total. The zero-order valence-electron chi connectivity index (χ0n) is 16.1. The highest BCUT2D eigenvalue weighted by Gasteiger charge is 2.20. The van der Waals surface area contributed by atoms with Crippen LogP contribution in [0.4, 0.5) is 17.3 Å². The third kappa shape index (κ3) is 3.54. The van der Waals surface area contributed by atoms with Crippen LogP contribution in [0.1, 0.15) is 28.1 Å². The van der Waals surface area contributed by atoms with E-state index in [1.807, 2.05) is 19.9 Å². The Morgan fingerprint density at radius 1 is 1.21 bits per heavy atom. The van der Waals surface area contributed by atoms with Crippen molar-refractivity contribution in [3.8, 4) is 5.69 Å². The summed E-state index contributed by atoms with van der Waals surface area (Å²) >= 11 is 0. The predicted molar refractivity (Wildman–Crippen MR) is 109 cm³/mol. The number of rotatable bonds is 5. The fraction of sp³-hybridized carbons (Fsp3) is 0.211. The number of nitrogens with two attached hydrogens (primary N) is 1. The molecule has 0 radical (unpaired) electrons. The lowest BCUT2D eigenvalue weighted by atomic mass is 10.1. The molecule has 0 aliphatic heterocycles. The lowest BCUT2D eigenvalue weighted by Crippen LogP contribution is -2.05. The molecule has 0 spiro atoms. The Morgan fingerprint density at radius 2 is 1.96 bits per heavy atom. The van der Waals surface area contributed by atoms with Gasteiger partial charge in [0.15, 0.2) is 0 Å². The predicted octanol–water partition coefficient (Wildman–Crippen LogP) is 3.44. The summed E-state index contributed by atoms with van der Waals surface area (Å²) in [5, 5.41) is 15.2. The van der Waals surface area contributed by atoms with Gasteiger partial charge in [-0.3, -0.25) is 15.5 Å². The van der Waals surface area contributed by atoms with Gasteiger partial charge in [0.1, 0.15) is 6.33 Å². The van der Waals surface area contributed by atoms with E-state index in [2.05, 4.69) is 57.1 Å². The largest absolute Gasteiger partial charge is 0.378 e. The summed E-state index contributed by atoms with van der Waals surface area (Å²) < 4.78 is 2.15. The number of nitrogens with one attached hydrogen (secondary N) is 1. The maximum atomic E-state index is 11.1. The molecule has 0 atom stereocenters. The van der Waals surface area contributed by atoms with Crippen LogP contribution in [0, 0.1) is 37.8 Å². The molecule has 1 aromatic carbocycles. The Hall–Kier alpha value is -3.75. The highest BCUT2D eigenvalue weighted by Crippen LogP contribution is 2.26. The van der Waals surface area contributed by atoms with Crippen LogP contribution in [0.3, 0.4) is 0 Å². The van der Waals surface area contributed by atoms with Crippen molar-refractivity contribution < 1.29 is 4.92 Å². The van der Waals surface area contributed by atoms with Gasteiger partial charge in [-0.25, -0.2) is 9.97 Å². The second-order valence-electron chi connectivity index (χ2n) is 6.54. The van der Waals surface area contributed by atoms with Gasteiger partial charge in [0.25, 0.3) is 0 Å². The van der Waals surface area contributed by atoms with Gasteiger partial charge < -0.3 is 10.3 Å². The lowest BCUT2D eigenvalue weighted by molar-refractivity contribution is -0.383. The molecule has 2 aromatic heterocycles. The molecule has 0 aliphatic carbocycles. The second-order valence-corrected chi connectivity index (χ2v) is 6.54. The van der Waals surface area contributed by atoms with Crippen LogP contribution in [-0.2, 0) is 0 Å². The summed E-state index contributed by atoms with van der Waals surface area (Å²) in [6, 6.07) is 8.32. The quantitative estimate of drug-likeness (QED) is 0.397. The fourth-order valence-electron chi connectivity index (χ4n) is 3.16. The van der Waals surface area contributed by atoms with Crippen molar-refractivity contribution in [2.45, 2.75) is 27.7 Å². The van der Waals surface area contributed by atoms with E-state index in [1.165, 1.54) is 11.1 Å². The third-order valence-corrected chi connectivity index (χ3v) is 4.47. The maximum Gasteiger partial charge on any atom is 0.354 e. The molecular formula is C19H21N7O2. The number of nitrogen functional groups attached to an aromatic ring is 1. The molecule has 9 heteroatoms. The highest BCUT2D eigenvalue weighted by atomic mass is 16.6. The van der Waals surface area contributed by atoms with Gasteiger partial charge in [-0.1, -0.05) is 17.7 Å². The number of anilines is 2. The van der Waals surface area contributed by atoms with Crippen molar-refractivity contribution in [1.82, 2.24) is 14.5 Å². The number of hydrazone groups is 1. The number of nitro groups is 1. The van der Waals surface area contributed by atoms with Gasteiger partial charge in [-0.05, 0) is 45.4 Å².